The van der Waals surface area contributed by atoms with Crippen LogP contribution in [0.1, 0.15) is 18.0 Å². The number of hydrazine groups is 1. The number of rotatable bonds is 5. The van der Waals surface area contributed by atoms with Crippen LogP contribution in [0.2, 0.25) is 5.02 Å². The molecule has 17 heavy (non-hydrogen) atoms. The van der Waals surface area contributed by atoms with Crippen molar-refractivity contribution in [3.8, 4) is 0 Å². The maximum absolute atomic E-state index is 11.1. The Morgan fingerprint density at radius 3 is 2.71 bits per heavy atom. The molecule has 0 saturated heterocycles. The third-order valence-electron chi connectivity index (χ3n) is 2.31. The molecule has 4 nitrogen and oxygen atoms in total. The van der Waals surface area contributed by atoms with Crippen molar-refractivity contribution < 1.29 is 8.42 Å². The Morgan fingerprint density at radius 2 is 2.18 bits per heavy atom. The minimum atomic E-state index is -3.01. The summed E-state index contributed by atoms with van der Waals surface area (Å²) in [4.78, 5) is 0. The van der Waals surface area contributed by atoms with Crippen molar-refractivity contribution >= 4 is 37.4 Å². The molecule has 1 unspecified atom stereocenters. The van der Waals surface area contributed by atoms with Crippen molar-refractivity contribution in [1.29, 1.82) is 0 Å². The van der Waals surface area contributed by atoms with Gasteiger partial charge in [0.05, 0.1) is 5.75 Å². The highest BCUT2D eigenvalue weighted by atomic mass is 79.9. The first-order valence-electron chi connectivity index (χ1n) is 4.92. The molecule has 0 fully saturated rings. The van der Waals surface area contributed by atoms with E-state index in [0.29, 0.717) is 11.4 Å². The van der Waals surface area contributed by atoms with Gasteiger partial charge in [0.2, 0.25) is 0 Å². The van der Waals surface area contributed by atoms with Crippen molar-refractivity contribution in [3.05, 3.63) is 33.3 Å². The zero-order valence-corrected chi connectivity index (χ0v) is 12.4. The minimum absolute atomic E-state index is 0.0602. The average molecular weight is 342 g/mol. The quantitative estimate of drug-likeness (QED) is 0.635. The Balaban J connectivity index is 2.90. The summed E-state index contributed by atoms with van der Waals surface area (Å²) in [7, 11) is -3.01. The molecule has 0 aliphatic rings. The second kappa shape index (κ2) is 6.15. The van der Waals surface area contributed by atoms with Gasteiger partial charge in [-0.05, 0) is 30.2 Å². The van der Waals surface area contributed by atoms with Gasteiger partial charge in [-0.3, -0.25) is 11.3 Å². The first-order chi connectivity index (χ1) is 7.83. The van der Waals surface area contributed by atoms with E-state index in [1.54, 1.807) is 6.07 Å². The molecule has 0 amide bonds. The number of sulfone groups is 1. The molecule has 0 aliphatic carbocycles. The molecule has 0 aromatic heterocycles. The van der Waals surface area contributed by atoms with Crippen molar-refractivity contribution in [2.75, 3.05) is 12.0 Å². The van der Waals surface area contributed by atoms with E-state index in [0.717, 1.165) is 10.0 Å². The second-order valence-electron chi connectivity index (χ2n) is 3.80. The Kier molecular flexibility index (Phi) is 5.40. The smallest absolute Gasteiger partial charge is 0.147 e. The van der Waals surface area contributed by atoms with Gasteiger partial charge in [-0.1, -0.05) is 27.5 Å². The van der Waals surface area contributed by atoms with Gasteiger partial charge < -0.3 is 0 Å². The lowest BCUT2D eigenvalue weighted by molar-refractivity contribution is 0.531. The molecule has 0 bridgehead atoms. The van der Waals surface area contributed by atoms with Gasteiger partial charge in [0.25, 0.3) is 0 Å². The Labute approximate surface area is 115 Å². The normalized spacial score (nSPS) is 13.6. The second-order valence-corrected chi connectivity index (χ2v) is 7.39. The fourth-order valence-electron chi connectivity index (χ4n) is 1.44. The molecule has 1 rings (SSSR count). The van der Waals surface area contributed by atoms with Crippen LogP contribution in [0.3, 0.4) is 0 Å². The van der Waals surface area contributed by atoms with Gasteiger partial charge in [0.1, 0.15) is 9.84 Å². The van der Waals surface area contributed by atoms with Crippen LogP contribution in [0.25, 0.3) is 0 Å². The summed E-state index contributed by atoms with van der Waals surface area (Å²) in [6, 6.07) is 5.10. The number of nitrogens with one attached hydrogen (secondary N) is 1. The van der Waals surface area contributed by atoms with E-state index in [-0.39, 0.29) is 11.8 Å². The lowest BCUT2D eigenvalue weighted by atomic mass is 10.1. The van der Waals surface area contributed by atoms with E-state index in [1.807, 2.05) is 12.1 Å². The van der Waals surface area contributed by atoms with Crippen LogP contribution in [0, 0.1) is 0 Å². The highest BCUT2D eigenvalue weighted by Crippen LogP contribution is 2.28. The lowest BCUT2D eigenvalue weighted by Crippen LogP contribution is -2.29. The Bertz CT molecular complexity index is 493. The standard InChI is InChI=1S/C10H14BrClN2O2S/c1-17(15,16)5-4-10(14-13)8-6-7(11)2-3-9(8)12/h2-3,6,10,14H,4-5,13H2,1H3. The SMILES string of the molecule is CS(=O)(=O)CCC(NN)c1cc(Br)ccc1Cl. The molecule has 0 heterocycles. The molecule has 1 aromatic carbocycles. The molecule has 1 aromatic rings. The van der Waals surface area contributed by atoms with Crippen molar-refractivity contribution in [2.45, 2.75) is 12.5 Å². The predicted molar refractivity (Wildman–Crippen MR) is 73.5 cm³/mol. The van der Waals surface area contributed by atoms with Crippen LogP contribution in [-0.2, 0) is 9.84 Å². The molecule has 0 saturated carbocycles. The van der Waals surface area contributed by atoms with Crippen molar-refractivity contribution in [3.63, 3.8) is 0 Å². The molecule has 96 valence electrons. The van der Waals surface area contributed by atoms with E-state index in [9.17, 15) is 8.42 Å². The predicted octanol–water partition coefficient (Wildman–Crippen LogP) is 2.04. The van der Waals surface area contributed by atoms with Gasteiger partial charge in [-0.25, -0.2) is 8.42 Å². The number of benzene rings is 1. The van der Waals surface area contributed by atoms with Crippen LogP contribution in [0.15, 0.2) is 22.7 Å². The largest absolute Gasteiger partial charge is 0.271 e. The fraction of sp³-hybridized carbons (Fsp3) is 0.400. The number of hydrogen-bond acceptors (Lipinski definition) is 4. The topological polar surface area (TPSA) is 72.2 Å². The zero-order chi connectivity index (χ0) is 13.1. The van der Waals surface area contributed by atoms with Crippen LogP contribution in [-0.4, -0.2) is 20.4 Å². The van der Waals surface area contributed by atoms with Gasteiger partial charge in [0, 0.05) is 21.8 Å². The van der Waals surface area contributed by atoms with Crippen LogP contribution in [0.5, 0.6) is 0 Å². The highest BCUT2D eigenvalue weighted by Gasteiger charge is 2.16. The van der Waals surface area contributed by atoms with E-state index in [4.69, 9.17) is 17.4 Å². The summed E-state index contributed by atoms with van der Waals surface area (Å²) < 4.78 is 23.1. The zero-order valence-electron chi connectivity index (χ0n) is 9.28. The van der Waals surface area contributed by atoms with Crippen molar-refractivity contribution in [2.24, 2.45) is 5.84 Å². The maximum Gasteiger partial charge on any atom is 0.147 e. The summed E-state index contributed by atoms with van der Waals surface area (Å²) in [6.07, 6.45) is 1.58. The molecule has 0 aliphatic heterocycles. The van der Waals surface area contributed by atoms with Crippen LogP contribution < -0.4 is 11.3 Å². The summed E-state index contributed by atoms with van der Waals surface area (Å²) in [5, 5.41) is 0.560. The van der Waals surface area contributed by atoms with E-state index in [1.165, 1.54) is 6.26 Å². The van der Waals surface area contributed by atoms with E-state index < -0.39 is 9.84 Å². The third kappa shape index (κ3) is 4.93. The molecule has 7 heteroatoms. The number of halogens is 2. The first kappa shape index (κ1) is 14.9. The number of nitrogens with two attached hydrogens (primary N) is 1. The van der Waals surface area contributed by atoms with E-state index >= 15 is 0 Å². The average Bonchev–Trinajstić information content (AvgIpc) is 2.22. The molecular weight excluding hydrogens is 328 g/mol. The van der Waals surface area contributed by atoms with Crippen LogP contribution >= 0.6 is 27.5 Å². The van der Waals surface area contributed by atoms with Gasteiger partial charge in [-0.15, -0.1) is 0 Å². The minimum Gasteiger partial charge on any atom is -0.271 e. The lowest BCUT2D eigenvalue weighted by Gasteiger charge is -2.17. The van der Waals surface area contributed by atoms with Crippen molar-refractivity contribution in [1.82, 2.24) is 5.43 Å². The Hall–Kier alpha value is -0.140. The molecular formula is C10H14BrClN2O2S. The molecule has 1 atom stereocenters. The Morgan fingerprint density at radius 1 is 1.53 bits per heavy atom. The van der Waals surface area contributed by atoms with Gasteiger partial charge >= 0.3 is 0 Å². The number of hydrogen-bond donors (Lipinski definition) is 2. The monoisotopic (exact) mass is 340 g/mol. The maximum atomic E-state index is 11.1. The molecule has 3 N–H and O–H groups in total. The summed E-state index contributed by atoms with van der Waals surface area (Å²) in [5.74, 6) is 5.49. The van der Waals surface area contributed by atoms with E-state index in [2.05, 4.69) is 21.4 Å². The highest BCUT2D eigenvalue weighted by molar-refractivity contribution is 9.10. The molecule has 0 spiro atoms. The van der Waals surface area contributed by atoms with Crippen LogP contribution in [0.4, 0.5) is 0 Å². The first-order valence-corrected chi connectivity index (χ1v) is 8.15. The van der Waals surface area contributed by atoms with Gasteiger partial charge in [0.15, 0.2) is 0 Å². The summed E-state index contributed by atoms with van der Waals surface area (Å²) >= 11 is 9.39. The van der Waals surface area contributed by atoms with Gasteiger partial charge in [-0.2, -0.15) is 0 Å². The third-order valence-corrected chi connectivity index (χ3v) is 4.13. The fourth-order valence-corrected chi connectivity index (χ4v) is 2.73. The summed E-state index contributed by atoms with van der Waals surface area (Å²) in [6.45, 7) is 0. The summed E-state index contributed by atoms with van der Waals surface area (Å²) in [5.41, 5.74) is 3.37. The molecule has 0 radical (unpaired) electrons.